The minimum absolute atomic E-state index is 0.570. The molecule has 0 heteroatoms. The largest absolute Gasteiger partial charge is 0.103 e. The van der Waals surface area contributed by atoms with Crippen molar-refractivity contribution >= 4 is 0 Å². The lowest BCUT2D eigenvalue weighted by atomic mass is 9.97. The Morgan fingerprint density at radius 1 is 1.00 bits per heavy atom. The Bertz CT molecular complexity index is 292. The van der Waals surface area contributed by atoms with E-state index in [4.69, 9.17) is 0 Å². The lowest BCUT2D eigenvalue weighted by Crippen LogP contribution is -1.97. The molecule has 0 saturated heterocycles. The van der Waals surface area contributed by atoms with Crippen LogP contribution in [0, 0.1) is 11.8 Å². The zero-order chi connectivity index (χ0) is 11.3. The van der Waals surface area contributed by atoms with Crippen molar-refractivity contribution in [1.29, 1.82) is 0 Å². The molecular weight excluding hydrogens is 180 g/mol. The Morgan fingerprint density at radius 3 is 1.87 bits per heavy atom. The van der Waals surface area contributed by atoms with Gasteiger partial charge in [-0.2, -0.15) is 0 Å². The Morgan fingerprint density at radius 2 is 1.47 bits per heavy atom. The molecule has 1 aromatic rings. The summed E-state index contributed by atoms with van der Waals surface area (Å²) in [6.45, 7) is 10.5. The van der Waals surface area contributed by atoms with E-state index in [-0.39, 0.29) is 0 Å². The lowest BCUT2D eigenvalue weighted by Gasteiger charge is -2.08. The predicted octanol–water partition coefficient (Wildman–Crippen LogP) is 4.25. The van der Waals surface area contributed by atoms with Crippen LogP contribution in [0.25, 0.3) is 0 Å². The molecule has 0 fully saturated rings. The van der Waals surface area contributed by atoms with Crippen LogP contribution in [0.15, 0.2) is 36.9 Å². The van der Waals surface area contributed by atoms with Crippen molar-refractivity contribution in [2.75, 3.05) is 0 Å². The van der Waals surface area contributed by atoms with Gasteiger partial charge in [0.05, 0.1) is 0 Å². The van der Waals surface area contributed by atoms with Crippen LogP contribution in [0.2, 0.25) is 0 Å². The quantitative estimate of drug-likeness (QED) is 0.626. The van der Waals surface area contributed by atoms with E-state index in [9.17, 15) is 0 Å². The maximum Gasteiger partial charge on any atom is -0.0218 e. The topological polar surface area (TPSA) is 0 Å². The number of benzene rings is 1. The van der Waals surface area contributed by atoms with E-state index < -0.39 is 0 Å². The van der Waals surface area contributed by atoms with E-state index in [1.807, 2.05) is 6.08 Å². The fourth-order valence-electron chi connectivity index (χ4n) is 1.74. The molecule has 0 nitrogen and oxygen atoms in total. The van der Waals surface area contributed by atoms with Gasteiger partial charge in [-0.1, -0.05) is 51.1 Å². The third-order valence-electron chi connectivity index (χ3n) is 2.63. The molecule has 1 unspecified atom stereocenters. The third kappa shape index (κ3) is 4.33. The van der Waals surface area contributed by atoms with Crippen LogP contribution >= 0.6 is 0 Å². The van der Waals surface area contributed by atoms with Gasteiger partial charge in [-0.05, 0) is 35.8 Å². The van der Waals surface area contributed by atoms with Gasteiger partial charge >= 0.3 is 0 Å². The summed E-state index contributed by atoms with van der Waals surface area (Å²) in [4.78, 5) is 0. The molecule has 0 heterocycles. The number of hydrogen-bond donors (Lipinski definition) is 0. The van der Waals surface area contributed by atoms with Gasteiger partial charge in [0.15, 0.2) is 0 Å². The summed E-state index contributed by atoms with van der Waals surface area (Å²) in [6, 6.07) is 9.01. The van der Waals surface area contributed by atoms with Gasteiger partial charge in [0.2, 0.25) is 0 Å². The van der Waals surface area contributed by atoms with Crippen LogP contribution in [0.1, 0.15) is 31.9 Å². The molecule has 0 spiro atoms. The van der Waals surface area contributed by atoms with Crippen molar-refractivity contribution in [3.63, 3.8) is 0 Å². The average Bonchev–Trinajstić information content (AvgIpc) is 2.20. The minimum Gasteiger partial charge on any atom is -0.103 e. The molecule has 0 bridgehead atoms. The Hall–Kier alpha value is -1.04. The average molecular weight is 202 g/mol. The van der Waals surface area contributed by atoms with E-state index >= 15 is 0 Å². The van der Waals surface area contributed by atoms with Crippen molar-refractivity contribution in [1.82, 2.24) is 0 Å². The first-order valence-electron chi connectivity index (χ1n) is 5.82. The molecule has 1 rings (SSSR count). The fraction of sp³-hybridized carbons (Fsp3) is 0.467. The first kappa shape index (κ1) is 12.0. The molecule has 1 atom stereocenters. The minimum atomic E-state index is 0.570. The molecule has 0 aromatic heterocycles. The van der Waals surface area contributed by atoms with Crippen molar-refractivity contribution in [2.24, 2.45) is 11.8 Å². The van der Waals surface area contributed by atoms with Gasteiger partial charge in [-0.25, -0.2) is 0 Å². The standard InChI is InChI=1S/C15H22/c1-5-13(4)11-15-8-6-14(7-9-15)10-12(2)3/h5-9,12-13H,1,10-11H2,2-4H3. The Labute approximate surface area is 94.0 Å². The van der Waals surface area contributed by atoms with Gasteiger partial charge in [0, 0.05) is 0 Å². The first-order valence-corrected chi connectivity index (χ1v) is 5.82. The van der Waals surface area contributed by atoms with Gasteiger partial charge in [-0.3, -0.25) is 0 Å². The summed E-state index contributed by atoms with van der Waals surface area (Å²) in [5, 5.41) is 0. The highest BCUT2D eigenvalue weighted by atomic mass is 14.1. The highest BCUT2D eigenvalue weighted by molar-refractivity contribution is 5.23. The van der Waals surface area contributed by atoms with Crippen molar-refractivity contribution in [3.05, 3.63) is 48.0 Å². The maximum atomic E-state index is 3.81. The van der Waals surface area contributed by atoms with Crippen LogP contribution in [-0.2, 0) is 12.8 Å². The molecule has 15 heavy (non-hydrogen) atoms. The zero-order valence-electron chi connectivity index (χ0n) is 10.2. The predicted molar refractivity (Wildman–Crippen MR) is 68.0 cm³/mol. The van der Waals surface area contributed by atoms with Crippen LogP contribution in [0.3, 0.4) is 0 Å². The van der Waals surface area contributed by atoms with E-state index in [0.717, 1.165) is 12.3 Å². The summed E-state index contributed by atoms with van der Waals surface area (Å²) >= 11 is 0. The number of hydrogen-bond acceptors (Lipinski definition) is 0. The van der Waals surface area contributed by atoms with Gasteiger partial charge in [0.25, 0.3) is 0 Å². The van der Waals surface area contributed by atoms with Crippen LogP contribution in [0.5, 0.6) is 0 Å². The van der Waals surface area contributed by atoms with Crippen molar-refractivity contribution in [2.45, 2.75) is 33.6 Å². The lowest BCUT2D eigenvalue weighted by molar-refractivity contribution is 0.646. The van der Waals surface area contributed by atoms with Gasteiger partial charge in [0.1, 0.15) is 0 Å². The fourth-order valence-corrected chi connectivity index (χ4v) is 1.74. The molecule has 1 aromatic carbocycles. The Kier molecular flexibility index (Phi) is 4.61. The molecule has 0 radical (unpaired) electrons. The molecule has 82 valence electrons. The smallest absolute Gasteiger partial charge is 0.0218 e. The molecule has 0 amide bonds. The van der Waals surface area contributed by atoms with Crippen LogP contribution in [-0.4, -0.2) is 0 Å². The molecular formula is C15H22. The highest BCUT2D eigenvalue weighted by Crippen LogP contribution is 2.13. The van der Waals surface area contributed by atoms with Crippen LogP contribution < -0.4 is 0 Å². The molecule has 0 aliphatic carbocycles. The summed E-state index contributed by atoms with van der Waals surface area (Å²) in [6.07, 6.45) is 4.30. The normalized spacial score (nSPS) is 12.8. The summed E-state index contributed by atoms with van der Waals surface area (Å²) in [5.41, 5.74) is 2.86. The van der Waals surface area contributed by atoms with Gasteiger partial charge in [-0.15, -0.1) is 6.58 Å². The molecule has 0 N–H and O–H groups in total. The maximum absolute atomic E-state index is 3.81. The van der Waals surface area contributed by atoms with E-state index in [1.165, 1.54) is 17.5 Å². The molecule has 0 aliphatic rings. The van der Waals surface area contributed by atoms with Crippen molar-refractivity contribution in [3.8, 4) is 0 Å². The van der Waals surface area contributed by atoms with E-state index in [0.29, 0.717) is 5.92 Å². The SMILES string of the molecule is C=CC(C)Cc1ccc(CC(C)C)cc1. The highest BCUT2D eigenvalue weighted by Gasteiger charge is 2.00. The second-order valence-electron chi connectivity index (χ2n) is 4.83. The Balaban J connectivity index is 2.59. The van der Waals surface area contributed by atoms with Crippen LogP contribution in [0.4, 0.5) is 0 Å². The first-order chi connectivity index (χ1) is 7.11. The zero-order valence-corrected chi connectivity index (χ0v) is 10.2. The molecule has 0 aliphatic heterocycles. The summed E-state index contributed by atoms with van der Waals surface area (Å²) in [7, 11) is 0. The summed E-state index contributed by atoms with van der Waals surface area (Å²) < 4.78 is 0. The summed E-state index contributed by atoms with van der Waals surface area (Å²) in [5.74, 6) is 1.31. The number of allylic oxidation sites excluding steroid dienone is 1. The molecule has 0 saturated carbocycles. The second-order valence-corrected chi connectivity index (χ2v) is 4.83. The van der Waals surface area contributed by atoms with E-state index in [2.05, 4.69) is 51.6 Å². The third-order valence-corrected chi connectivity index (χ3v) is 2.63. The number of rotatable bonds is 5. The van der Waals surface area contributed by atoms with Crippen molar-refractivity contribution < 1.29 is 0 Å². The monoisotopic (exact) mass is 202 g/mol. The van der Waals surface area contributed by atoms with Gasteiger partial charge < -0.3 is 0 Å². The second kappa shape index (κ2) is 5.75. The van der Waals surface area contributed by atoms with E-state index in [1.54, 1.807) is 0 Å².